The summed E-state index contributed by atoms with van der Waals surface area (Å²) in [4.78, 5) is 42.4. The molecule has 0 unspecified atom stereocenters. The molecule has 7 nitrogen and oxygen atoms in total. The molecule has 3 aromatic rings. The van der Waals surface area contributed by atoms with Crippen molar-refractivity contribution in [2.75, 3.05) is 13.7 Å². The van der Waals surface area contributed by atoms with Gasteiger partial charge in [-0.05, 0) is 55.8 Å². The van der Waals surface area contributed by atoms with Crippen LogP contribution in [0.2, 0.25) is 5.02 Å². The zero-order chi connectivity index (χ0) is 21.8. The number of H-pyrrole nitrogens is 1. The van der Waals surface area contributed by atoms with Gasteiger partial charge >= 0.3 is 5.97 Å². The van der Waals surface area contributed by atoms with Crippen molar-refractivity contribution in [1.82, 2.24) is 9.88 Å². The van der Waals surface area contributed by atoms with Gasteiger partial charge in [-0.25, -0.2) is 4.79 Å². The van der Waals surface area contributed by atoms with E-state index in [4.69, 9.17) is 20.8 Å². The predicted octanol–water partition coefficient (Wildman–Crippen LogP) is 4.19. The Morgan fingerprint density at radius 1 is 1.13 bits per heavy atom. The van der Waals surface area contributed by atoms with E-state index in [1.807, 2.05) is 0 Å². The summed E-state index contributed by atoms with van der Waals surface area (Å²) in [5.41, 5.74) is 2.01. The lowest BCUT2D eigenvalue weighted by Gasteiger charge is -2.21. The number of ether oxygens (including phenoxy) is 1. The van der Waals surface area contributed by atoms with Crippen molar-refractivity contribution in [2.45, 2.75) is 20.4 Å². The van der Waals surface area contributed by atoms with Crippen LogP contribution in [0, 0.1) is 13.8 Å². The Labute approximate surface area is 178 Å². The zero-order valence-corrected chi connectivity index (χ0v) is 17.6. The highest BCUT2D eigenvalue weighted by atomic mass is 35.5. The van der Waals surface area contributed by atoms with Crippen molar-refractivity contribution >= 4 is 29.3 Å². The van der Waals surface area contributed by atoms with Crippen molar-refractivity contribution in [2.24, 2.45) is 0 Å². The molecule has 0 aliphatic carbocycles. The molecule has 2 aromatic heterocycles. The lowest BCUT2D eigenvalue weighted by Crippen LogP contribution is -2.35. The van der Waals surface area contributed by atoms with Gasteiger partial charge in [-0.2, -0.15) is 0 Å². The van der Waals surface area contributed by atoms with Gasteiger partial charge in [0.25, 0.3) is 5.91 Å². The number of aromatic nitrogens is 1. The summed E-state index contributed by atoms with van der Waals surface area (Å²) in [6, 6.07) is 9.88. The first-order valence-corrected chi connectivity index (χ1v) is 9.57. The van der Waals surface area contributed by atoms with Crippen molar-refractivity contribution in [3.8, 4) is 0 Å². The number of furan rings is 1. The lowest BCUT2D eigenvalue weighted by atomic mass is 10.0. The normalized spacial score (nSPS) is 10.7. The van der Waals surface area contributed by atoms with Crippen molar-refractivity contribution in [3.63, 3.8) is 0 Å². The summed E-state index contributed by atoms with van der Waals surface area (Å²) in [6.07, 6.45) is 1.51. The van der Waals surface area contributed by atoms with Crippen LogP contribution in [-0.4, -0.2) is 41.2 Å². The third-order valence-corrected chi connectivity index (χ3v) is 5.00. The number of nitrogens with zero attached hydrogens (tertiary/aromatic N) is 1. The van der Waals surface area contributed by atoms with Crippen LogP contribution in [0.3, 0.4) is 0 Å². The molecule has 0 radical (unpaired) electrons. The van der Waals surface area contributed by atoms with Gasteiger partial charge in [-0.15, -0.1) is 0 Å². The van der Waals surface area contributed by atoms with Gasteiger partial charge in [-0.3, -0.25) is 9.59 Å². The van der Waals surface area contributed by atoms with Crippen LogP contribution >= 0.6 is 11.6 Å². The second kappa shape index (κ2) is 9.00. The number of aryl methyl sites for hydroxylation is 1. The highest BCUT2D eigenvalue weighted by Crippen LogP contribution is 2.21. The number of nitrogens with one attached hydrogen (secondary N) is 1. The van der Waals surface area contributed by atoms with E-state index >= 15 is 0 Å². The maximum Gasteiger partial charge on any atom is 0.354 e. The van der Waals surface area contributed by atoms with Crippen LogP contribution < -0.4 is 0 Å². The van der Waals surface area contributed by atoms with Gasteiger partial charge in [-0.1, -0.05) is 11.6 Å². The molecule has 0 bridgehead atoms. The average Bonchev–Trinajstić information content (AvgIpc) is 3.34. The Hall–Kier alpha value is -3.32. The number of hydrogen-bond donors (Lipinski definition) is 1. The first-order valence-electron chi connectivity index (χ1n) is 9.19. The quantitative estimate of drug-likeness (QED) is 0.450. The monoisotopic (exact) mass is 428 g/mol. The van der Waals surface area contributed by atoms with E-state index < -0.39 is 5.97 Å². The fourth-order valence-electron chi connectivity index (χ4n) is 3.29. The summed E-state index contributed by atoms with van der Waals surface area (Å²) in [7, 11) is 1.27. The summed E-state index contributed by atoms with van der Waals surface area (Å²) in [5, 5.41) is 0.508. The number of aromatic amines is 1. The van der Waals surface area contributed by atoms with Gasteiger partial charge in [0.15, 0.2) is 5.78 Å². The molecule has 1 amide bonds. The number of benzene rings is 1. The summed E-state index contributed by atoms with van der Waals surface area (Å²) < 4.78 is 10.1. The molecule has 0 fully saturated rings. The number of ketones is 1. The Bertz CT molecular complexity index is 1070. The molecule has 1 N–H and O–H groups in total. The lowest BCUT2D eigenvalue weighted by molar-refractivity contribution is 0.0593. The van der Waals surface area contributed by atoms with Crippen LogP contribution in [0.5, 0.6) is 0 Å². The second-order valence-electron chi connectivity index (χ2n) is 6.79. The molecule has 1 aromatic carbocycles. The van der Waals surface area contributed by atoms with Crippen molar-refractivity contribution < 1.29 is 23.5 Å². The molecule has 2 heterocycles. The molecule has 0 saturated carbocycles. The highest BCUT2D eigenvalue weighted by Gasteiger charge is 2.26. The van der Waals surface area contributed by atoms with E-state index in [1.165, 1.54) is 18.3 Å². The fourth-order valence-corrected chi connectivity index (χ4v) is 3.42. The van der Waals surface area contributed by atoms with Gasteiger partial charge in [0, 0.05) is 21.8 Å². The second-order valence-corrected chi connectivity index (χ2v) is 7.22. The highest BCUT2D eigenvalue weighted by molar-refractivity contribution is 6.30. The Kier molecular flexibility index (Phi) is 6.42. The fraction of sp³-hybridized carbons (Fsp3) is 0.227. The third kappa shape index (κ3) is 4.46. The standard InChI is InChI=1S/C22H21ClN2O5/c1-13-19(14(2)24-20(13)22(28)29-3)18(26)12-25(11-17-5-4-10-30-17)21(27)15-6-8-16(23)9-7-15/h4-10,24H,11-12H2,1-3H3. The smallest absolute Gasteiger partial charge is 0.354 e. The summed E-state index contributed by atoms with van der Waals surface area (Å²) >= 11 is 5.91. The minimum absolute atomic E-state index is 0.118. The van der Waals surface area contributed by atoms with Gasteiger partial charge in [0.1, 0.15) is 11.5 Å². The number of methoxy groups -OCH3 is 1. The maximum atomic E-state index is 13.1. The first-order chi connectivity index (χ1) is 14.3. The van der Waals surface area contributed by atoms with E-state index in [0.29, 0.717) is 33.2 Å². The van der Waals surface area contributed by atoms with E-state index in [9.17, 15) is 14.4 Å². The number of Topliss-reactive ketones (excluding diaryl/α,β-unsaturated/α-hetero) is 1. The molecular weight excluding hydrogens is 408 g/mol. The number of hydrogen-bond acceptors (Lipinski definition) is 5. The predicted molar refractivity (Wildman–Crippen MR) is 111 cm³/mol. The zero-order valence-electron chi connectivity index (χ0n) is 16.8. The summed E-state index contributed by atoms with van der Waals surface area (Å²) in [6.45, 7) is 3.29. The molecule has 0 aliphatic rings. The Morgan fingerprint density at radius 3 is 2.43 bits per heavy atom. The topological polar surface area (TPSA) is 92.6 Å². The minimum atomic E-state index is -0.556. The molecule has 156 valence electrons. The molecule has 3 rings (SSSR count). The van der Waals surface area contributed by atoms with Crippen LogP contribution in [-0.2, 0) is 11.3 Å². The molecule has 0 saturated heterocycles. The average molecular weight is 429 g/mol. The minimum Gasteiger partial charge on any atom is -0.467 e. The molecule has 8 heteroatoms. The van der Waals surface area contributed by atoms with Crippen LogP contribution in [0.4, 0.5) is 0 Å². The maximum absolute atomic E-state index is 13.1. The van der Waals surface area contributed by atoms with Gasteiger partial charge < -0.3 is 19.0 Å². The number of esters is 1. The van der Waals surface area contributed by atoms with Crippen LogP contribution in [0.15, 0.2) is 47.1 Å². The summed E-state index contributed by atoms with van der Waals surface area (Å²) in [5.74, 6) is -0.650. The number of halogens is 1. The molecular formula is C22H21ClN2O5. The van der Waals surface area contributed by atoms with E-state index in [0.717, 1.165) is 0 Å². The third-order valence-electron chi connectivity index (χ3n) is 4.75. The van der Waals surface area contributed by atoms with Crippen LogP contribution in [0.25, 0.3) is 0 Å². The van der Waals surface area contributed by atoms with Gasteiger partial charge in [0.05, 0.1) is 26.5 Å². The first kappa shape index (κ1) is 21.4. The van der Waals surface area contributed by atoms with E-state index in [1.54, 1.807) is 50.2 Å². The SMILES string of the molecule is COC(=O)c1[nH]c(C)c(C(=O)CN(Cc2ccco2)C(=O)c2ccc(Cl)cc2)c1C. The molecule has 0 atom stereocenters. The number of rotatable bonds is 7. The largest absolute Gasteiger partial charge is 0.467 e. The number of carbonyl (C=O) groups excluding carboxylic acids is 3. The molecule has 0 aliphatic heterocycles. The van der Waals surface area contributed by atoms with Gasteiger partial charge in [0.2, 0.25) is 0 Å². The Morgan fingerprint density at radius 2 is 1.83 bits per heavy atom. The van der Waals surface area contributed by atoms with E-state index in [-0.39, 0.29) is 30.5 Å². The molecule has 30 heavy (non-hydrogen) atoms. The number of carbonyl (C=O) groups is 3. The Balaban J connectivity index is 1.90. The van der Waals surface area contributed by atoms with E-state index in [2.05, 4.69) is 4.98 Å². The molecule has 0 spiro atoms. The van der Waals surface area contributed by atoms with Crippen molar-refractivity contribution in [1.29, 1.82) is 0 Å². The van der Waals surface area contributed by atoms with Crippen molar-refractivity contribution in [3.05, 3.63) is 81.5 Å². The number of amides is 1. The van der Waals surface area contributed by atoms with Crippen LogP contribution in [0.1, 0.15) is 48.2 Å².